The number of nitrogens with one attached hydrogen (secondary N) is 2. The van der Waals surface area contributed by atoms with E-state index in [0.29, 0.717) is 22.5 Å². The van der Waals surface area contributed by atoms with Gasteiger partial charge in [-0.2, -0.15) is 0 Å². The summed E-state index contributed by atoms with van der Waals surface area (Å²) >= 11 is 0. The Balaban J connectivity index is 1.46. The van der Waals surface area contributed by atoms with Crippen LogP contribution >= 0.6 is 0 Å². The minimum absolute atomic E-state index is 0.247. The predicted octanol–water partition coefficient (Wildman–Crippen LogP) is 6.71. The molecule has 5 heteroatoms. The number of carbonyl (C=O) groups is 2. The predicted molar refractivity (Wildman–Crippen MR) is 141 cm³/mol. The molecular formula is C30H23N3O2. The van der Waals surface area contributed by atoms with Crippen LogP contribution in [0.3, 0.4) is 0 Å². The Kier molecular flexibility index (Phi) is 6.05. The quantitative estimate of drug-likeness (QED) is 0.308. The van der Waals surface area contributed by atoms with Gasteiger partial charge in [0.05, 0.1) is 16.8 Å². The molecule has 5 rings (SSSR count). The normalized spacial score (nSPS) is 10.7. The van der Waals surface area contributed by atoms with Gasteiger partial charge in [-0.3, -0.25) is 9.59 Å². The van der Waals surface area contributed by atoms with Crippen LogP contribution in [-0.4, -0.2) is 16.8 Å². The molecule has 170 valence electrons. The molecule has 1 aromatic heterocycles. The van der Waals surface area contributed by atoms with Gasteiger partial charge < -0.3 is 10.6 Å². The summed E-state index contributed by atoms with van der Waals surface area (Å²) < 4.78 is 0. The Morgan fingerprint density at radius 2 is 1.34 bits per heavy atom. The Labute approximate surface area is 203 Å². The Morgan fingerprint density at radius 3 is 2.11 bits per heavy atom. The second-order valence-electron chi connectivity index (χ2n) is 8.30. The zero-order chi connectivity index (χ0) is 24.2. The molecular weight excluding hydrogens is 434 g/mol. The number of nitrogens with zero attached hydrogens (tertiary/aromatic N) is 1. The summed E-state index contributed by atoms with van der Waals surface area (Å²) in [7, 11) is 0. The third-order valence-electron chi connectivity index (χ3n) is 5.69. The first-order chi connectivity index (χ1) is 17.1. The van der Waals surface area contributed by atoms with Gasteiger partial charge in [-0.25, -0.2) is 4.98 Å². The maximum atomic E-state index is 13.5. The molecule has 0 saturated carbocycles. The monoisotopic (exact) mass is 457 g/mol. The minimum Gasteiger partial charge on any atom is -0.322 e. The number of pyridine rings is 1. The van der Waals surface area contributed by atoms with Crippen molar-refractivity contribution in [3.05, 3.63) is 126 Å². The van der Waals surface area contributed by atoms with Gasteiger partial charge in [0.2, 0.25) is 0 Å². The highest BCUT2D eigenvalue weighted by atomic mass is 16.2. The van der Waals surface area contributed by atoms with Gasteiger partial charge in [-0.1, -0.05) is 66.2 Å². The van der Waals surface area contributed by atoms with Crippen LogP contribution in [0, 0.1) is 6.92 Å². The van der Waals surface area contributed by atoms with Gasteiger partial charge in [0.25, 0.3) is 11.8 Å². The summed E-state index contributed by atoms with van der Waals surface area (Å²) in [6.07, 6.45) is 0. The number of rotatable bonds is 5. The molecule has 2 N–H and O–H groups in total. The molecule has 0 aliphatic heterocycles. The maximum Gasteiger partial charge on any atom is 0.256 e. The van der Waals surface area contributed by atoms with Crippen molar-refractivity contribution in [3.63, 3.8) is 0 Å². The summed E-state index contributed by atoms with van der Waals surface area (Å²) in [5.41, 5.74) is 5.67. The molecule has 0 spiro atoms. The van der Waals surface area contributed by atoms with Crippen molar-refractivity contribution < 1.29 is 9.59 Å². The first-order valence-corrected chi connectivity index (χ1v) is 11.3. The Bertz CT molecular complexity index is 1530. The number of para-hydroxylation sites is 1. The molecule has 0 bridgehead atoms. The lowest BCUT2D eigenvalue weighted by Gasteiger charge is -2.12. The van der Waals surface area contributed by atoms with Gasteiger partial charge in [-0.05, 0) is 55.5 Å². The number of aryl methyl sites for hydroxylation is 1. The summed E-state index contributed by atoms with van der Waals surface area (Å²) in [6, 6.07) is 33.6. The molecule has 35 heavy (non-hydrogen) atoms. The highest BCUT2D eigenvalue weighted by Gasteiger charge is 2.16. The van der Waals surface area contributed by atoms with Crippen molar-refractivity contribution in [2.45, 2.75) is 6.92 Å². The van der Waals surface area contributed by atoms with Crippen molar-refractivity contribution in [2.24, 2.45) is 0 Å². The van der Waals surface area contributed by atoms with Crippen LogP contribution in [0.5, 0.6) is 0 Å². The van der Waals surface area contributed by atoms with E-state index in [1.54, 1.807) is 24.3 Å². The third kappa shape index (κ3) is 4.94. The summed E-state index contributed by atoms with van der Waals surface area (Å²) in [4.78, 5) is 30.9. The number of carbonyl (C=O) groups excluding carboxylic acids is 2. The van der Waals surface area contributed by atoms with Crippen LogP contribution in [0.25, 0.3) is 22.2 Å². The first kappa shape index (κ1) is 22.0. The van der Waals surface area contributed by atoms with Crippen molar-refractivity contribution in [2.75, 3.05) is 10.6 Å². The standard InChI is InChI=1S/C30H23N3O2/c1-20-15-16-27-25(17-20)26(19-28(33-27)21-9-4-2-5-10-21)30(35)32-24-14-8-11-22(18-24)29(34)31-23-12-6-3-7-13-23/h2-19H,1H3,(H,31,34)(H,32,35). The van der Waals surface area contributed by atoms with Crippen LogP contribution in [0.2, 0.25) is 0 Å². The second-order valence-corrected chi connectivity index (χ2v) is 8.30. The number of benzene rings is 4. The summed E-state index contributed by atoms with van der Waals surface area (Å²) in [6.45, 7) is 1.99. The molecule has 1 heterocycles. The average Bonchev–Trinajstić information content (AvgIpc) is 2.89. The number of anilines is 2. The topological polar surface area (TPSA) is 71.1 Å². The Hall–Kier alpha value is -4.77. The molecule has 0 fully saturated rings. The molecule has 2 amide bonds. The summed E-state index contributed by atoms with van der Waals surface area (Å²) in [5.74, 6) is -0.510. The largest absolute Gasteiger partial charge is 0.322 e. The number of amides is 2. The van der Waals surface area contributed by atoms with Crippen LogP contribution in [0.1, 0.15) is 26.3 Å². The van der Waals surface area contributed by atoms with E-state index in [-0.39, 0.29) is 11.8 Å². The lowest BCUT2D eigenvalue weighted by molar-refractivity contribution is 0.101. The fraction of sp³-hybridized carbons (Fsp3) is 0.0333. The van der Waals surface area contributed by atoms with E-state index in [4.69, 9.17) is 4.98 Å². The molecule has 0 radical (unpaired) electrons. The second kappa shape index (κ2) is 9.61. The maximum absolute atomic E-state index is 13.5. The molecule has 5 nitrogen and oxygen atoms in total. The van der Waals surface area contributed by atoms with E-state index in [2.05, 4.69) is 10.6 Å². The fourth-order valence-corrected chi connectivity index (χ4v) is 3.95. The van der Waals surface area contributed by atoms with E-state index in [1.807, 2.05) is 91.9 Å². The van der Waals surface area contributed by atoms with Crippen molar-refractivity contribution in [1.82, 2.24) is 4.98 Å². The number of hydrogen-bond donors (Lipinski definition) is 2. The van der Waals surface area contributed by atoms with E-state index in [1.165, 1.54) is 0 Å². The van der Waals surface area contributed by atoms with Gasteiger partial charge in [0.15, 0.2) is 0 Å². The lowest BCUT2D eigenvalue weighted by Crippen LogP contribution is -2.15. The fourth-order valence-electron chi connectivity index (χ4n) is 3.95. The molecule has 5 aromatic rings. The molecule has 0 aliphatic carbocycles. The van der Waals surface area contributed by atoms with Gasteiger partial charge in [-0.15, -0.1) is 0 Å². The van der Waals surface area contributed by atoms with Crippen LogP contribution in [0.4, 0.5) is 11.4 Å². The van der Waals surface area contributed by atoms with E-state index >= 15 is 0 Å². The van der Waals surface area contributed by atoms with Crippen molar-refractivity contribution >= 4 is 34.1 Å². The molecule has 4 aromatic carbocycles. The zero-order valence-corrected chi connectivity index (χ0v) is 19.2. The number of aromatic nitrogens is 1. The van der Waals surface area contributed by atoms with Gasteiger partial charge in [0.1, 0.15) is 0 Å². The van der Waals surface area contributed by atoms with Gasteiger partial charge >= 0.3 is 0 Å². The molecule has 0 aliphatic rings. The van der Waals surface area contributed by atoms with Crippen molar-refractivity contribution in [1.29, 1.82) is 0 Å². The molecule has 0 unspecified atom stereocenters. The zero-order valence-electron chi connectivity index (χ0n) is 19.2. The lowest BCUT2D eigenvalue weighted by atomic mass is 10.0. The molecule has 0 saturated heterocycles. The SMILES string of the molecule is Cc1ccc2nc(-c3ccccc3)cc(C(=O)Nc3cccc(C(=O)Nc4ccccc4)c3)c2c1. The van der Waals surface area contributed by atoms with Gasteiger partial charge in [0, 0.05) is 27.9 Å². The van der Waals surface area contributed by atoms with E-state index in [0.717, 1.165) is 27.7 Å². The first-order valence-electron chi connectivity index (χ1n) is 11.3. The third-order valence-corrected chi connectivity index (χ3v) is 5.69. The van der Waals surface area contributed by atoms with Crippen LogP contribution in [-0.2, 0) is 0 Å². The number of hydrogen-bond acceptors (Lipinski definition) is 3. The highest BCUT2D eigenvalue weighted by Crippen LogP contribution is 2.26. The summed E-state index contributed by atoms with van der Waals surface area (Å²) in [5, 5.41) is 6.61. The van der Waals surface area contributed by atoms with E-state index in [9.17, 15) is 9.59 Å². The Morgan fingerprint density at radius 1 is 0.657 bits per heavy atom. The minimum atomic E-state index is -0.263. The molecule has 0 atom stereocenters. The van der Waals surface area contributed by atoms with Crippen LogP contribution in [0.15, 0.2) is 109 Å². The van der Waals surface area contributed by atoms with Crippen molar-refractivity contribution in [3.8, 4) is 11.3 Å². The average molecular weight is 458 g/mol. The van der Waals surface area contributed by atoms with Crippen LogP contribution < -0.4 is 10.6 Å². The number of fused-ring (bicyclic) bond motifs is 1. The smallest absolute Gasteiger partial charge is 0.256 e. The highest BCUT2D eigenvalue weighted by molar-refractivity contribution is 6.13. The van der Waals surface area contributed by atoms with E-state index < -0.39 is 0 Å².